The monoisotopic (exact) mass is 329 g/mol. The van der Waals surface area contributed by atoms with Crippen molar-refractivity contribution in [2.75, 3.05) is 6.61 Å². The fourth-order valence-electron chi connectivity index (χ4n) is 3.06. The molecule has 0 radical (unpaired) electrons. The summed E-state index contributed by atoms with van der Waals surface area (Å²) >= 11 is 6.17. The van der Waals surface area contributed by atoms with E-state index in [1.807, 2.05) is 13.0 Å². The lowest BCUT2D eigenvalue weighted by molar-refractivity contribution is 0.0932. The van der Waals surface area contributed by atoms with Crippen molar-refractivity contribution < 1.29 is 9.53 Å². The van der Waals surface area contributed by atoms with Gasteiger partial charge in [-0.2, -0.15) is 0 Å². The van der Waals surface area contributed by atoms with E-state index >= 15 is 0 Å². The highest BCUT2D eigenvalue weighted by Gasteiger charge is 2.22. The molecule has 0 bridgehead atoms. The first-order chi connectivity index (χ1) is 11.2. The second-order valence-electron chi connectivity index (χ2n) is 5.70. The number of nitrogens with one attached hydrogen (secondary N) is 1. The minimum atomic E-state index is -0.100. The van der Waals surface area contributed by atoms with E-state index in [1.165, 1.54) is 11.1 Å². The highest BCUT2D eigenvalue weighted by Crippen LogP contribution is 2.30. The van der Waals surface area contributed by atoms with Crippen molar-refractivity contribution in [3.63, 3.8) is 0 Å². The number of halogens is 1. The molecule has 0 fully saturated rings. The minimum absolute atomic E-state index is 0.0674. The Bertz CT molecular complexity index is 714. The number of amides is 1. The molecule has 2 aromatic carbocycles. The molecule has 0 aromatic heterocycles. The van der Waals surface area contributed by atoms with Crippen LogP contribution in [0.5, 0.6) is 5.75 Å². The lowest BCUT2D eigenvalue weighted by atomic mass is 9.87. The number of hydrogen-bond acceptors (Lipinski definition) is 2. The maximum Gasteiger partial charge on any atom is 0.251 e. The first-order valence-electron chi connectivity index (χ1n) is 8.00. The van der Waals surface area contributed by atoms with E-state index in [0.29, 0.717) is 22.9 Å². The van der Waals surface area contributed by atoms with Gasteiger partial charge in [0.1, 0.15) is 5.75 Å². The fourth-order valence-corrected chi connectivity index (χ4v) is 3.30. The molecule has 1 amide bonds. The van der Waals surface area contributed by atoms with Crippen molar-refractivity contribution in [2.24, 2.45) is 0 Å². The summed E-state index contributed by atoms with van der Waals surface area (Å²) in [5, 5.41) is 3.59. The summed E-state index contributed by atoms with van der Waals surface area (Å²) in [6.07, 6.45) is 3.14. The topological polar surface area (TPSA) is 38.3 Å². The normalized spacial score (nSPS) is 16.5. The van der Waals surface area contributed by atoms with Crippen LogP contribution < -0.4 is 10.1 Å². The summed E-state index contributed by atoms with van der Waals surface area (Å²) in [7, 11) is 0. The van der Waals surface area contributed by atoms with Crippen LogP contribution in [-0.2, 0) is 6.42 Å². The van der Waals surface area contributed by atoms with E-state index in [2.05, 4.69) is 23.5 Å². The number of ether oxygens (including phenoxy) is 1. The maximum atomic E-state index is 12.5. The van der Waals surface area contributed by atoms with Gasteiger partial charge in [0.2, 0.25) is 0 Å². The van der Waals surface area contributed by atoms with Gasteiger partial charge in [0.05, 0.1) is 17.7 Å². The van der Waals surface area contributed by atoms with E-state index in [-0.39, 0.29) is 11.9 Å². The molecule has 120 valence electrons. The van der Waals surface area contributed by atoms with Crippen molar-refractivity contribution in [1.29, 1.82) is 0 Å². The van der Waals surface area contributed by atoms with Crippen LogP contribution in [0.4, 0.5) is 0 Å². The van der Waals surface area contributed by atoms with Crippen LogP contribution in [0.1, 0.15) is 47.3 Å². The molecule has 0 saturated heterocycles. The van der Waals surface area contributed by atoms with Gasteiger partial charge in [0.15, 0.2) is 0 Å². The predicted octanol–water partition coefficient (Wildman–Crippen LogP) is 4.55. The van der Waals surface area contributed by atoms with Crippen LogP contribution in [0.15, 0.2) is 42.5 Å². The molecule has 3 nitrogen and oxygen atoms in total. The largest absolute Gasteiger partial charge is 0.492 e. The first-order valence-corrected chi connectivity index (χ1v) is 8.38. The van der Waals surface area contributed by atoms with Crippen molar-refractivity contribution in [3.05, 3.63) is 64.2 Å². The Morgan fingerprint density at radius 1 is 1.30 bits per heavy atom. The van der Waals surface area contributed by atoms with Crippen LogP contribution in [-0.4, -0.2) is 12.5 Å². The van der Waals surface area contributed by atoms with Crippen molar-refractivity contribution in [1.82, 2.24) is 5.32 Å². The zero-order valence-electron chi connectivity index (χ0n) is 13.1. The number of rotatable bonds is 4. The molecule has 3 rings (SSSR count). The van der Waals surface area contributed by atoms with E-state index in [0.717, 1.165) is 19.3 Å². The quantitative estimate of drug-likeness (QED) is 0.893. The van der Waals surface area contributed by atoms with Crippen molar-refractivity contribution in [2.45, 2.75) is 32.2 Å². The van der Waals surface area contributed by atoms with Crippen molar-refractivity contribution in [3.8, 4) is 5.75 Å². The van der Waals surface area contributed by atoms with Crippen LogP contribution in [0, 0.1) is 0 Å². The Balaban J connectivity index is 1.76. The highest BCUT2D eigenvalue weighted by atomic mass is 35.5. The SMILES string of the molecule is CCOc1ccc(C(=O)N[C@H]2CCCc3ccccc32)cc1Cl. The zero-order chi connectivity index (χ0) is 16.2. The van der Waals surface area contributed by atoms with Crippen LogP contribution in [0.2, 0.25) is 5.02 Å². The number of fused-ring (bicyclic) bond motifs is 1. The fraction of sp³-hybridized carbons (Fsp3) is 0.316. The third-order valence-electron chi connectivity index (χ3n) is 4.17. The minimum Gasteiger partial charge on any atom is -0.492 e. The molecule has 0 saturated carbocycles. The maximum absolute atomic E-state index is 12.5. The Labute approximate surface area is 141 Å². The number of hydrogen-bond donors (Lipinski definition) is 1. The molecule has 0 heterocycles. The highest BCUT2D eigenvalue weighted by molar-refractivity contribution is 6.32. The van der Waals surface area contributed by atoms with Gasteiger partial charge in [0.25, 0.3) is 5.91 Å². The third kappa shape index (κ3) is 3.50. The molecule has 0 aliphatic heterocycles. The van der Waals surface area contributed by atoms with Gasteiger partial charge in [-0.15, -0.1) is 0 Å². The van der Waals surface area contributed by atoms with Gasteiger partial charge < -0.3 is 10.1 Å². The number of benzene rings is 2. The van der Waals surface area contributed by atoms with Crippen LogP contribution in [0.25, 0.3) is 0 Å². The van der Waals surface area contributed by atoms with Crippen LogP contribution in [0.3, 0.4) is 0 Å². The van der Waals surface area contributed by atoms with E-state index in [9.17, 15) is 4.79 Å². The second kappa shape index (κ2) is 7.05. The Hall–Kier alpha value is -2.00. The summed E-state index contributed by atoms with van der Waals surface area (Å²) in [5.41, 5.74) is 3.11. The van der Waals surface area contributed by atoms with Crippen molar-refractivity contribution >= 4 is 17.5 Å². The van der Waals surface area contributed by atoms with Crippen LogP contribution >= 0.6 is 11.6 Å². The molecule has 23 heavy (non-hydrogen) atoms. The number of carbonyl (C=O) groups excluding carboxylic acids is 1. The molecule has 4 heteroatoms. The summed E-state index contributed by atoms with van der Waals surface area (Å²) in [6, 6.07) is 13.5. The molecular formula is C19H20ClNO2. The molecule has 2 aromatic rings. The van der Waals surface area contributed by atoms with E-state index in [4.69, 9.17) is 16.3 Å². The molecule has 1 aliphatic carbocycles. The molecule has 1 aliphatic rings. The smallest absolute Gasteiger partial charge is 0.251 e. The van der Waals surface area contributed by atoms with Gasteiger partial charge in [-0.3, -0.25) is 4.79 Å². The third-order valence-corrected chi connectivity index (χ3v) is 4.46. The summed E-state index contributed by atoms with van der Waals surface area (Å²) in [6.45, 7) is 2.45. The Morgan fingerprint density at radius 2 is 2.13 bits per heavy atom. The van der Waals surface area contributed by atoms with Gasteiger partial charge >= 0.3 is 0 Å². The molecule has 1 N–H and O–H groups in total. The lowest BCUT2D eigenvalue weighted by Crippen LogP contribution is -2.30. The summed E-state index contributed by atoms with van der Waals surface area (Å²) < 4.78 is 5.40. The lowest BCUT2D eigenvalue weighted by Gasteiger charge is -2.26. The molecular weight excluding hydrogens is 310 g/mol. The molecule has 0 spiro atoms. The summed E-state index contributed by atoms with van der Waals surface area (Å²) in [5.74, 6) is 0.505. The average Bonchev–Trinajstić information content (AvgIpc) is 2.57. The first kappa shape index (κ1) is 15.9. The zero-order valence-corrected chi connectivity index (χ0v) is 13.9. The number of aryl methyl sites for hydroxylation is 1. The van der Waals surface area contributed by atoms with E-state index in [1.54, 1.807) is 18.2 Å². The Morgan fingerprint density at radius 3 is 2.91 bits per heavy atom. The number of carbonyl (C=O) groups is 1. The molecule has 0 unspecified atom stereocenters. The van der Waals surface area contributed by atoms with Gasteiger partial charge in [0, 0.05) is 5.56 Å². The predicted molar refractivity (Wildman–Crippen MR) is 92.2 cm³/mol. The molecule has 1 atom stereocenters. The van der Waals surface area contributed by atoms with Gasteiger partial charge in [-0.1, -0.05) is 35.9 Å². The van der Waals surface area contributed by atoms with Gasteiger partial charge in [-0.25, -0.2) is 0 Å². The second-order valence-corrected chi connectivity index (χ2v) is 6.10. The van der Waals surface area contributed by atoms with E-state index < -0.39 is 0 Å². The Kier molecular flexibility index (Phi) is 4.87. The average molecular weight is 330 g/mol. The summed E-state index contributed by atoms with van der Waals surface area (Å²) in [4.78, 5) is 12.5. The van der Waals surface area contributed by atoms with Gasteiger partial charge in [-0.05, 0) is 55.5 Å². The standard InChI is InChI=1S/C19H20ClNO2/c1-2-23-18-11-10-14(12-16(18)20)19(22)21-17-9-5-7-13-6-3-4-8-15(13)17/h3-4,6,8,10-12,17H,2,5,7,9H2,1H3,(H,21,22)/t17-/m0/s1.